The highest BCUT2D eigenvalue weighted by Gasteiger charge is 2.11. The van der Waals surface area contributed by atoms with Crippen LogP contribution in [-0.2, 0) is 11.3 Å². The van der Waals surface area contributed by atoms with Crippen LogP contribution in [0.2, 0.25) is 0 Å². The topological polar surface area (TPSA) is 87.2 Å². The summed E-state index contributed by atoms with van der Waals surface area (Å²) < 4.78 is 11.9. The molecule has 3 aromatic rings. The zero-order valence-electron chi connectivity index (χ0n) is 13.2. The Morgan fingerprint density at radius 3 is 2.62 bits per heavy atom. The van der Waals surface area contributed by atoms with Crippen molar-refractivity contribution in [3.63, 3.8) is 0 Å². The number of rotatable bonds is 5. The molecule has 0 aliphatic heterocycles. The highest BCUT2D eigenvalue weighted by atomic mass is 32.1. The van der Waals surface area contributed by atoms with E-state index in [2.05, 4.69) is 10.1 Å². The molecule has 2 heterocycles. The predicted octanol–water partition coefficient (Wildman–Crippen LogP) is 2.43. The van der Waals surface area contributed by atoms with Gasteiger partial charge in [-0.3, -0.25) is 9.36 Å². The standard InChI is InChI=1S/C16H15N3O4S/c1-10-9-24-16(21)19(10)7-8-22-15(20)13-5-3-12(4-6-13)14-17-11(2)18-23-14/h3-6,9H,7-8H2,1-2H3. The third-order valence-electron chi connectivity index (χ3n) is 3.42. The van der Waals surface area contributed by atoms with Crippen LogP contribution in [0.3, 0.4) is 0 Å². The van der Waals surface area contributed by atoms with Crippen molar-refractivity contribution in [2.45, 2.75) is 20.4 Å². The Bertz CT molecular complexity index is 908. The number of carbonyl (C=O) groups excluding carboxylic acids is 1. The average Bonchev–Trinajstić information content (AvgIpc) is 3.15. The minimum Gasteiger partial charge on any atom is -0.460 e. The van der Waals surface area contributed by atoms with E-state index in [1.807, 2.05) is 6.92 Å². The lowest BCUT2D eigenvalue weighted by Gasteiger charge is -2.07. The van der Waals surface area contributed by atoms with Crippen molar-refractivity contribution in [2.24, 2.45) is 0 Å². The molecule has 8 heteroatoms. The molecule has 0 unspecified atom stereocenters. The molecule has 0 saturated carbocycles. The summed E-state index contributed by atoms with van der Waals surface area (Å²) in [5.74, 6) is 0.511. The van der Waals surface area contributed by atoms with Crippen LogP contribution in [-0.4, -0.2) is 27.3 Å². The number of carbonyl (C=O) groups is 1. The molecule has 124 valence electrons. The summed E-state index contributed by atoms with van der Waals surface area (Å²) in [6.45, 7) is 4.07. The van der Waals surface area contributed by atoms with Crippen molar-refractivity contribution in [1.82, 2.24) is 14.7 Å². The fourth-order valence-corrected chi connectivity index (χ4v) is 2.91. The lowest BCUT2D eigenvalue weighted by Crippen LogP contribution is -2.19. The van der Waals surface area contributed by atoms with Crippen LogP contribution in [0.15, 0.2) is 39.0 Å². The number of benzene rings is 1. The molecule has 3 rings (SSSR count). The number of nitrogens with zero attached hydrogens (tertiary/aromatic N) is 3. The second-order valence-electron chi connectivity index (χ2n) is 5.15. The summed E-state index contributed by atoms with van der Waals surface area (Å²) in [6, 6.07) is 6.71. The third kappa shape index (κ3) is 3.43. The maximum atomic E-state index is 12.0. The van der Waals surface area contributed by atoms with Crippen LogP contribution in [0.1, 0.15) is 21.9 Å². The molecule has 0 spiro atoms. The number of aromatic nitrogens is 3. The average molecular weight is 345 g/mol. The van der Waals surface area contributed by atoms with E-state index in [1.165, 1.54) is 0 Å². The minimum absolute atomic E-state index is 0.0530. The first-order valence-corrected chi connectivity index (χ1v) is 8.15. The van der Waals surface area contributed by atoms with E-state index in [4.69, 9.17) is 9.26 Å². The van der Waals surface area contributed by atoms with E-state index in [-0.39, 0.29) is 11.5 Å². The van der Waals surface area contributed by atoms with Crippen LogP contribution < -0.4 is 4.87 Å². The summed E-state index contributed by atoms with van der Waals surface area (Å²) >= 11 is 1.13. The molecule has 24 heavy (non-hydrogen) atoms. The van der Waals surface area contributed by atoms with Gasteiger partial charge in [0, 0.05) is 16.6 Å². The number of esters is 1. The van der Waals surface area contributed by atoms with Crippen LogP contribution >= 0.6 is 11.3 Å². The summed E-state index contributed by atoms with van der Waals surface area (Å²) in [7, 11) is 0. The molecule has 0 saturated heterocycles. The molecule has 0 fully saturated rings. The van der Waals surface area contributed by atoms with Gasteiger partial charge >= 0.3 is 10.8 Å². The molecule has 0 atom stereocenters. The van der Waals surface area contributed by atoms with Gasteiger partial charge in [-0.2, -0.15) is 4.98 Å². The van der Waals surface area contributed by atoms with E-state index in [0.717, 1.165) is 22.6 Å². The number of hydrogen-bond donors (Lipinski definition) is 0. The highest BCUT2D eigenvalue weighted by molar-refractivity contribution is 7.07. The molecule has 0 amide bonds. The van der Waals surface area contributed by atoms with Crippen molar-refractivity contribution >= 4 is 17.3 Å². The van der Waals surface area contributed by atoms with Crippen LogP contribution in [0, 0.1) is 13.8 Å². The van der Waals surface area contributed by atoms with E-state index in [1.54, 1.807) is 41.1 Å². The summed E-state index contributed by atoms with van der Waals surface area (Å²) in [4.78, 5) is 27.7. The lowest BCUT2D eigenvalue weighted by molar-refractivity contribution is 0.0490. The molecule has 2 aromatic heterocycles. The van der Waals surface area contributed by atoms with Gasteiger partial charge in [0.2, 0.25) is 0 Å². The zero-order chi connectivity index (χ0) is 17.1. The first kappa shape index (κ1) is 16.1. The summed E-state index contributed by atoms with van der Waals surface area (Å²) in [5, 5.41) is 5.50. The third-order valence-corrected chi connectivity index (χ3v) is 4.30. The van der Waals surface area contributed by atoms with Crippen molar-refractivity contribution < 1.29 is 14.1 Å². The number of thiazole rings is 1. The molecule has 0 bridgehead atoms. The van der Waals surface area contributed by atoms with Gasteiger partial charge in [-0.1, -0.05) is 16.5 Å². The Balaban J connectivity index is 1.60. The Hall–Kier alpha value is -2.74. The summed E-state index contributed by atoms with van der Waals surface area (Å²) in [5.41, 5.74) is 2.01. The second kappa shape index (κ2) is 6.79. The minimum atomic E-state index is -0.441. The quantitative estimate of drug-likeness (QED) is 0.660. The molecule has 0 aliphatic carbocycles. The number of hydrogen-bond acceptors (Lipinski definition) is 7. The van der Waals surface area contributed by atoms with Gasteiger partial charge in [0.25, 0.3) is 5.89 Å². The first-order valence-electron chi connectivity index (χ1n) is 7.27. The van der Waals surface area contributed by atoms with Crippen LogP contribution in [0.25, 0.3) is 11.5 Å². The van der Waals surface area contributed by atoms with Gasteiger partial charge in [-0.05, 0) is 38.1 Å². The van der Waals surface area contributed by atoms with Crippen LogP contribution in [0.5, 0.6) is 0 Å². The van der Waals surface area contributed by atoms with Gasteiger partial charge in [0.1, 0.15) is 6.61 Å². The van der Waals surface area contributed by atoms with Gasteiger partial charge in [0.15, 0.2) is 5.82 Å². The van der Waals surface area contributed by atoms with E-state index in [0.29, 0.717) is 23.8 Å². The highest BCUT2D eigenvalue weighted by Crippen LogP contribution is 2.18. The molecule has 0 N–H and O–H groups in total. The van der Waals surface area contributed by atoms with Gasteiger partial charge in [-0.15, -0.1) is 0 Å². The molecule has 0 aliphatic rings. The van der Waals surface area contributed by atoms with Crippen LogP contribution in [0.4, 0.5) is 0 Å². The number of aryl methyl sites for hydroxylation is 2. The smallest absolute Gasteiger partial charge is 0.338 e. The first-order chi connectivity index (χ1) is 11.5. The lowest BCUT2D eigenvalue weighted by atomic mass is 10.1. The predicted molar refractivity (Wildman–Crippen MR) is 88.1 cm³/mol. The largest absolute Gasteiger partial charge is 0.460 e. The SMILES string of the molecule is Cc1noc(-c2ccc(C(=O)OCCn3c(C)csc3=O)cc2)n1. The Morgan fingerprint density at radius 1 is 1.29 bits per heavy atom. The van der Waals surface area contributed by atoms with Crippen molar-refractivity contribution in [3.8, 4) is 11.5 Å². The molecule has 0 radical (unpaired) electrons. The van der Waals surface area contributed by atoms with E-state index in [9.17, 15) is 9.59 Å². The van der Waals surface area contributed by atoms with Gasteiger partial charge in [0.05, 0.1) is 12.1 Å². The zero-order valence-corrected chi connectivity index (χ0v) is 14.0. The number of ether oxygens (including phenoxy) is 1. The maximum absolute atomic E-state index is 12.0. The van der Waals surface area contributed by atoms with Crippen molar-refractivity contribution in [2.75, 3.05) is 6.61 Å². The Morgan fingerprint density at radius 2 is 2.04 bits per heavy atom. The molecule has 1 aromatic carbocycles. The van der Waals surface area contributed by atoms with E-state index < -0.39 is 5.97 Å². The Labute approximate surface area is 141 Å². The van der Waals surface area contributed by atoms with E-state index >= 15 is 0 Å². The normalized spacial score (nSPS) is 10.8. The second-order valence-corrected chi connectivity index (χ2v) is 5.98. The van der Waals surface area contributed by atoms with Gasteiger partial charge in [-0.25, -0.2) is 4.79 Å². The molecule has 7 nitrogen and oxygen atoms in total. The van der Waals surface area contributed by atoms with Gasteiger partial charge < -0.3 is 9.26 Å². The van der Waals surface area contributed by atoms with Crippen molar-refractivity contribution in [3.05, 3.63) is 56.4 Å². The monoisotopic (exact) mass is 345 g/mol. The fraction of sp³-hybridized carbons (Fsp3) is 0.250. The molecular formula is C16H15N3O4S. The molecular weight excluding hydrogens is 330 g/mol. The van der Waals surface area contributed by atoms with Crippen molar-refractivity contribution in [1.29, 1.82) is 0 Å². The Kier molecular flexibility index (Phi) is 4.57. The fourth-order valence-electron chi connectivity index (χ4n) is 2.15. The maximum Gasteiger partial charge on any atom is 0.338 e. The summed E-state index contributed by atoms with van der Waals surface area (Å²) in [6.07, 6.45) is 0.